The Morgan fingerprint density at radius 3 is 2.61 bits per heavy atom. The maximum atomic E-state index is 5.35. The molecule has 1 aromatic rings. The van der Waals surface area contributed by atoms with Gasteiger partial charge in [-0.1, -0.05) is 0 Å². The molecule has 0 amide bonds. The predicted molar refractivity (Wildman–Crippen MR) is 76.0 cm³/mol. The second kappa shape index (κ2) is 6.93. The van der Waals surface area contributed by atoms with Crippen molar-refractivity contribution in [2.24, 2.45) is 0 Å². The van der Waals surface area contributed by atoms with Gasteiger partial charge in [-0.25, -0.2) is 0 Å². The van der Waals surface area contributed by atoms with E-state index in [1.54, 1.807) is 0 Å². The van der Waals surface area contributed by atoms with Gasteiger partial charge < -0.3 is 15.0 Å². The van der Waals surface area contributed by atoms with Gasteiger partial charge in [-0.2, -0.15) is 0 Å². The monoisotopic (exact) mass is 244 g/mol. The largest absolute Gasteiger partial charge is 0.385 e. The number of ether oxygens (including phenoxy) is 1. The number of nitrogens with zero attached hydrogens (tertiary/aromatic N) is 1. The first-order chi connectivity index (χ1) is 8.90. The smallest absolute Gasteiger partial charge is 0.0642 e. The first-order valence-electron chi connectivity index (χ1n) is 6.50. The summed E-state index contributed by atoms with van der Waals surface area (Å²) >= 11 is 0. The van der Waals surface area contributed by atoms with Crippen LogP contribution in [0, 0.1) is 12.3 Å². The Labute approximate surface area is 109 Å². The average molecular weight is 244 g/mol. The van der Waals surface area contributed by atoms with Crippen LogP contribution in [-0.2, 0) is 4.74 Å². The summed E-state index contributed by atoms with van der Waals surface area (Å²) in [4.78, 5) is 2.35. The Morgan fingerprint density at radius 2 is 1.94 bits per heavy atom. The zero-order chi connectivity index (χ0) is 12.6. The molecule has 0 unspecified atom stereocenters. The van der Waals surface area contributed by atoms with Gasteiger partial charge in [-0.15, -0.1) is 12.3 Å². The van der Waals surface area contributed by atoms with Crippen LogP contribution in [-0.4, -0.2) is 32.8 Å². The summed E-state index contributed by atoms with van der Waals surface area (Å²) in [6.45, 7) is 4.54. The molecule has 1 aliphatic heterocycles. The fourth-order valence-electron chi connectivity index (χ4n) is 2.03. The molecular formula is C15H20N2O. The minimum absolute atomic E-state index is 0.825. The summed E-state index contributed by atoms with van der Waals surface area (Å²) < 4.78 is 5.35. The summed E-state index contributed by atoms with van der Waals surface area (Å²) in [6.07, 6.45) is 7.06. The fraction of sp³-hybridized carbons (Fsp3) is 0.467. The molecule has 0 atom stereocenters. The lowest BCUT2D eigenvalue weighted by Gasteiger charge is -2.28. The third-order valence-corrected chi connectivity index (χ3v) is 3.07. The summed E-state index contributed by atoms with van der Waals surface area (Å²) in [6, 6.07) is 8.57. The minimum atomic E-state index is 0.825. The number of rotatable bonds is 5. The highest BCUT2D eigenvalue weighted by atomic mass is 16.5. The predicted octanol–water partition coefficient (Wildman–Crippen LogP) is 2.35. The number of anilines is 2. The van der Waals surface area contributed by atoms with Crippen molar-refractivity contribution in [1.82, 2.24) is 0 Å². The molecule has 3 nitrogen and oxygen atoms in total. The van der Waals surface area contributed by atoms with E-state index < -0.39 is 0 Å². The number of benzene rings is 1. The summed E-state index contributed by atoms with van der Waals surface area (Å²) in [5.41, 5.74) is 2.43. The van der Waals surface area contributed by atoms with Crippen molar-refractivity contribution >= 4 is 11.4 Å². The van der Waals surface area contributed by atoms with Crippen molar-refractivity contribution in [1.29, 1.82) is 0 Å². The molecule has 1 fully saturated rings. The lowest BCUT2D eigenvalue weighted by atomic mass is 10.2. The molecule has 1 saturated heterocycles. The highest BCUT2D eigenvalue weighted by molar-refractivity contribution is 5.55. The van der Waals surface area contributed by atoms with Crippen molar-refractivity contribution in [2.75, 3.05) is 43.1 Å². The van der Waals surface area contributed by atoms with Crippen molar-refractivity contribution in [2.45, 2.75) is 12.8 Å². The summed E-state index contributed by atoms with van der Waals surface area (Å²) in [7, 11) is 0. The van der Waals surface area contributed by atoms with E-state index in [9.17, 15) is 0 Å². The molecule has 0 bridgehead atoms. The number of morpholine rings is 1. The van der Waals surface area contributed by atoms with Crippen LogP contribution in [0.15, 0.2) is 24.3 Å². The minimum Gasteiger partial charge on any atom is -0.385 e. The normalized spacial score (nSPS) is 15.2. The SMILES string of the molecule is C#CCCCNc1ccc(N2CCOCC2)cc1. The molecule has 96 valence electrons. The highest BCUT2D eigenvalue weighted by Crippen LogP contribution is 2.18. The summed E-state index contributed by atoms with van der Waals surface area (Å²) in [5.74, 6) is 2.65. The molecule has 1 aromatic carbocycles. The number of nitrogens with one attached hydrogen (secondary N) is 1. The second-order valence-electron chi connectivity index (χ2n) is 4.38. The van der Waals surface area contributed by atoms with Crippen molar-refractivity contribution in [3.8, 4) is 12.3 Å². The van der Waals surface area contributed by atoms with Gasteiger partial charge in [0.05, 0.1) is 13.2 Å². The Hall–Kier alpha value is -1.66. The third kappa shape index (κ3) is 3.68. The Balaban J connectivity index is 1.83. The Kier molecular flexibility index (Phi) is 4.92. The van der Waals surface area contributed by atoms with Crippen LogP contribution in [0.5, 0.6) is 0 Å². The van der Waals surface area contributed by atoms with Crippen LogP contribution in [0.2, 0.25) is 0 Å². The van der Waals surface area contributed by atoms with Crippen LogP contribution < -0.4 is 10.2 Å². The standard InChI is InChI=1S/C15H20N2O/c1-2-3-4-9-16-14-5-7-15(8-6-14)17-10-12-18-13-11-17/h1,5-8,16H,3-4,9-13H2. The van der Waals surface area contributed by atoms with E-state index in [0.717, 1.165) is 51.4 Å². The van der Waals surface area contributed by atoms with Crippen molar-refractivity contribution < 1.29 is 4.74 Å². The topological polar surface area (TPSA) is 24.5 Å². The number of hydrogen-bond donors (Lipinski definition) is 1. The van der Waals surface area contributed by atoms with Crippen LogP contribution in [0.1, 0.15) is 12.8 Å². The van der Waals surface area contributed by atoms with E-state index in [1.807, 2.05) is 0 Å². The molecule has 0 spiro atoms. The summed E-state index contributed by atoms with van der Waals surface area (Å²) in [5, 5.41) is 3.37. The van der Waals surface area contributed by atoms with Crippen molar-refractivity contribution in [3.05, 3.63) is 24.3 Å². The fourth-order valence-corrected chi connectivity index (χ4v) is 2.03. The van der Waals surface area contributed by atoms with E-state index in [2.05, 4.69) is 40.4 Å². The van der Waals surface area contributed by atoms with Gasteiger partial charge in [0, 0.05) is 37.4 Å². The highest BCUT2D eigenvalue weighted by Gasteiger charge is 2.10. The average Bonchev–Trinajstić information content (AvgIpc) is 2.45. The molecule has 1 N–H and O–H groups in total. The first kappa shape index (κ1) is 12.8. The molecule has 0 aliphatic carbocycles. The molecule has 3 heteroatoms. The zero-order valence-electron chi connectivity index (χ0n) is 10.7. The number of terminal acetylenes is 1. The number of hydrogen-bond acceptors (Lipinski definition) is 3. The van der Waals surface area contributed by atoms with Crippen molar-refractivity contribution in [3.63, 3.8) is 0 Å². The molecule has 1 aliphatic rings. The van der Waals surface area contributed by atoms with Gasteiger partial charge >= 0.3 is 0 Å². The van der Waals surface area contributed by atoms with E-state index in [0.29, 0.717) is 0 Å². The molecule has 1 heterocycles. The van der Waals surface area contributed by atoms with Gasteiger partial charge in [0.2, 0.25) is 0 Å². The molecular weight excluding hydrogens is 224 g/mol. The lowest BCUT2D eigenvalue weighted by molar-refractivity contribution is 0.122. The van der Waals surface area contributed by atoms with Crippen LogP contribution in [0.4, 0.5) is 11.4 Å². The van der Waals surface area contributed by atoms with Gasteiger partial charge in [-0.3, -0.25) is 0 Å². The Bertz CT molecular complexity index is 388. The number of unbranched alkanes of at least 4 members (excludes halogenated alkanes) is 1. The molecule has 0 aromatic heterocycles. The zero-order valence-corrected chi connectivity index (χ0v) is 10.7. The third-order valence-electron chi connectivity index (χ3n) is 3.07. The van der Waals surface area contributed by atoms with Gasteiger partial charge in [-0.05, 0) is 30.7 Å². The van der Waals surface area contributed by atoms with Crippen LogP contribution in [0.25, 0.3) is 0 Å². The molecule has 2 rings (SSSR count). The van der Waals surface area contributed by atoms with Crippen LogP contribution >= 0.6 is 0 Å². The molecule has 0 radical (unpaired) electrons. The van der Waals surface area contributed by atoms with Gasteiger partial charge in [0.1, 0.15) is 0 Å². The second-order valence-corrected chi connectivity index (χ2v) is 4.38. The Morgan fingerprint density at radius 1 is 1.22 bits per heavy atom. The van der Waals surface area contributed by atoms with Gasteiger partial charge in [0.15, 0.2) is 0 Å². The van der Waals surface area contributed by atoms with E-state index in [-0.39, 0.29) is 0 Å². The van der Waals surface area contributed by atoms with E-state index in [1.165, 1.54) is 5.69 Å². The first-order valence-corrected chi connectivity index (χ1v) is 6.50. The van der Waals surface area contributed by atoms with Crippen LogP contribution in [0.3, 0.4) is 0 Å². The van der Waals surface area contributed by atoms with E-state index in [4.69, 9.17) is 11.2 Å². The maximum Gasteiger partial charge on any atom is 0.0642 e. The quantitative estimate of drug-likeness (QED) is 0.635. The maximum absolute atomic E-state index is 5.35. The lowest BCUT2D eigenvalue weighted by Crippen LogP contribution is -2.36. The molecule has 18 heavy (non-hydrogen) atoms. The van der Waals surface area contributed by atoms with Gasteiger partial charge in [0.25, 0.3) is 0 Å². The van der Waals surface area contributed by atoms with E-state index >= 15 is 0 Å². The molecule has 0 saturated carbocycles.